The molecule has 7 heteroatoms. The van der Waals surface area contributed by atoms with Gasteiger partial charge in [0.25, 0.3) is 5.91 Å². The van der Waals surface area contributed by atoms with Gasteiger partial charge in [0.05, 0.1) is 33.5 Å². The van der Waals surface area contributed by atoms with Gasteiger partial charge in [0.1, 0.15) is 16.0 Å². The number of hydrogen-bond donors (Lipinski definition) is 0. The fourth-order valence-corrected chi connectivity index (χ4v) is 3.80. The van der Waals surface area contributed by atoms with Crippen molar-refractivity contribution >= 4 is 21.8 Å². The third kappa shape index (κ3) is 3.38. The molecule has 2 aliphatic rings. The van der Waals surface area contributed by atoms with Crippen LogP contribution in [0.4, 0.5) is 0 Å². The van der Waals surface area contributed by atoms with Crippen molar-refractivity contribution in [3.05, 3.63) is 22.2 Å². The van der Waals surface area contributed by atoms with Crippen molar-refractivity contribution in [3.63, 3.8) is 0 Å². The molecular formula is C17H22BrNO5. The molecule has 0 saturated carbocycles. The summed E-state index contributed by atoms with van der Waals surface area (Å²) in [5, 5.41) is 0. The number of carbonyl (C=O) groups excluding carboxylic acids is 1. The maximum absolute atomic E-state index is 13.1. The Kier molecular flexibility index (Phi) is 5.63. The molecule has 1 atom stereocenters. The second-order valence-electron chi connectivity index (χ2n) is 5.87. The van der Waals surface area contributed by atoms with Crippen LogP contribution in [0, 0.1) is 0 Å². The molecule has 0 N–H and O–H groups in total. The second-order valence-corrected chi connectivity index (χ2v) is 6.66. The summed E-state index contributed by atoms with van der Waals surface area (Å²) in [5.41, 5.74) is 0.539. The molecule has 2 saturated heterocycles. The van der Waals surface area contributed by atoms with Gasteiger partial charge >= 0.3 is 0 Å². The van der Waals surface area contributed by atoms with Crippen molar-refractivity contribution in [1.82, 2.24) is 4.90 Å². The lowest BCUT2D eigenvalue weighted by Gasteiger charge is -2.38. The summed E-state index contributed by atoms with van der Waals surface area (Å²) in [6, 6.07) is 3.42. The van der Waals surface area contributed by atoms with Crippen LogP contribution in [0.25, 0.3) is 0 Å². The van der Waals surface area contributed by atoms with Gasteiger partial charge in [-0.25, -0.2) is 0 Å². The van der Waals surface area contributed by atoms with Crippen LogP contribution >= 0.6 is 15.9 Å². The quantitative estimate of drug-likeness (QED) is 0.778. The van der Waals surface area contributed by atoms with E-state index in [2.05, 4.69) is 15.9 Å². The van der Waals surface area contributed by atoms with Crippen LogP contribution in [-0.2, 0) is 9.47 Å². The molecule has 3 rings (SSSR count). The van der Waals surface area contributed by atoms with Crippen LogP contribution in [0.1, 0.15) is 29.6 Å². The largest absolute Gasteiger partial charge is 0.495 e. The molecular weight excluding hydrogens is 378 g/mol. The predicted molar refractivity (Wildman–Crippen MR) is 91.6 cm³/mol. The predicted octanol–water partition coefficient (Wildman–Crippen LogP) is 2.83. The molecule has 24 heavy (non-hydrogen) atoms. The molecule has 0 aliphatic carbocycles. The highest BCUT2D eigenvalue weighted by Gasteiger charge is 2.36. The zero-order chi connectivity index (χ0) is 17.1. The van der Waals surface area contributed by atoms with E-state index in [1.165, 1.54) is 0 Å². The minimum Gasteiger partial charge on any atom is -0.495 e. The highest BCUT2D eigenvalue weighted by molar-refractivity contribution is 9.10. The average Bonchev–Trinajstić information content (AvgIpc) is 3.16. The van der Waals surface area contributed by atoms with Crippen LogP contribution < -0.4 is 9.47 Å². The minimum absolute atomic E-state index is 0.0469. The summed E-state index contributed by atoms with van der Waals surface area (Å²) in [7, 11) is 3.13. The van der Waals surface area contributed by atoms with Crippen LogP contribution in [0.15, 0.2) is 16.6 Å². The molecule has 1 amide bonds. The SMILES string of the molecule is COc1cc(C(=O)N2CCCCC2C2OCCO2)cc(OC)c1Br. The highest BCUT2D eigenvalue weighted by Crippen LogP contribution is 2.36. The van der Waals surface area contributed by atoms with Crippen LogP contribution in [0.3, 0.4) is 0 Å². The summed E-state index contributed by atoms with van der Waals surface area (Å²) in [6.07, 6.45) is 2.62. The first-order valence-electron chi connectivity index (χ1n) is 8.11. The topological polar surface area (TPSA) is 57.2 Å². The Morgan fingerprint density at radius 2 is 1.79 bits per heavy atom. The minimum atomic E-state index is -0.325. The molecule has 1 unspecified atom stereocenters. The number of hydrogen-bond acceptors (Lipinski definition) is 5. The summed E-state index contributed by atoms with van der Waals surface area (Å²) in [5.74, 6) is 1.09. The molecule has 0 aromatic heterocycles. The van der Waals surface area contributed by atoms with Crippen molar-refractivity contribution in [2.45, 2.75) is 31.6 Å². The van der Waals surface area contributed by atoms with Gasteiger partial charge in [-0.1, -0.05) is 0 Å². The van der Waals surface area contributed by atoms with E-state index in [1.807, 2.05) is 4.90 Å². The van der Waals surface area contributed by atoms with E-state index in [9.17, 15) is 4.79 Å². The molecule has 2 fully saturated rings. The molecule has 132 valence electrons. The zero-order valence-electron chi connectivity index (χ0n) is 13.9. The molecule has 6 nitrogen and oxygen atoms in total. The molecule has 0 spiro atoms. The standard InChI is InChI=1S/C17H22BrNO5/c1-21-13-9-11(10-14(22-2)15(13)18)16(20)19-6-4-3-5-12(19)17-23-7-8-24-17/h9-10,12,17H,3-8H2,1-2H3. The van der Waals surface area contributed by atoms with Gasteiger partial charge in [-0.2, -0.15) is 0 Å². The van der Waals surface area contributed by atoms with Gasteiger partial charge in [0.15, 0.2) is 6.29 Å². The van der Waals surface area contributed by atoms with E-state index in [4.69, 9.17) is 18.9 Å². The van der Waals surface area contributed by atoms with E-state index >= 15 is 0 Å². The van der Waals surface area contributed by atoms with E-state index in [0.717, 1.165) is 19.3 Å². The molecule has 2 aliphatic heterocycles. The monoisotopic (exact) mass is 399 g/mol. The van der Waals surface area contributed by atoms with E-state index < -0.39 is 0 Å². The molecule has 1 aromatic rings. The van der Waals surface area contributed by atoms with Gasteiger partial charge < -0.3 is 23.8 Å². The molecule has 1 aromatic carbocycles. The van der Waals surface area contributed by atoms with Crippen molar-refractivity contribution in [2.75, 3.05) is 34.0 Å². The number of piperidine rings is 1. The van der Waals surface area contributed by atoms with Crippen LogP contribution in [0.5, 0.6) is 11.5 Å². The number of rotatable bonds is 4. The number of halogens is 1. The number of nitrogens with zero attached hydrogens (tertiary/aromatic N) is 1. The Morgan fingerprint density at radius 3 is 2.38 bits per heavy atom. The Labute approximate surface area is 150 Å². The number of ether oxygens (including phenoxy) is 4. The second kappa shape index (κ2) is 7.72. The normalized spacial score (nSPS) is 21.8. The first kappa shape index (κ1) is 17.5. The van der Waals surface area contributed by atoms with Gasteiger partial charge in [0.2, 0.25) is 0 Å². The van der Waals surface area contributed by atoms with Gasteiger partial charge in [0, 0.05) is 12.1 Å². The Bertz CT molecular complexity index is 578. The number of benzene rings is 1. The lowest BCUT2D eigenvalue weighted by molar-refractivity contribution is -0.100. The lowest BCUT2D eigenvalue weighted by Crippen LogP contribution is -2.50. The van der Waals surface area contributed by atoms with E-state index in [-0.39, 0.29) is 18.2 Å². The summed E-state index contributed by atoms with van der Waals surface area (Å²) < 4.78 is 22.7. The van der Waals surface area contributed by atoms with Gasteiger partial charge in [-0.15, -0.1) is 0 Å². The smallest absolute Gasteiger partial charge is 0.254 e. The first-order valence-corrected chi connectivity index (χ1v) is 8.90. The zero-order valence-corrected chi connectivity index (χ0v) is 15.5. The molecule has 0 bridgehead atoms. The molecule has 0 radical (unpaired) electrons. The van der Waals surface area contributed by atoms with Crippen LogP contribution in [0.2, 0.25) is 0 Å². The van der Waals surface area contributed by atoms with Crippen molar-refractivity contribution in [1.29, 1.82) is 0 Å². The highest BCUT2D eigenvalue weighted by atomic mass is 79.9. The van der Waals surface area contributed by atoms with Crippen LogP contribution in [-0.4, -0.2) is 57.1 Å². The number of carbonyl (C=O) groups is 1. The van der Waals surface area contributed by atoms with Crippen molar-refractivity contribution < 1.29 is 23.7 Å². The number of likely N-dealkylation sites (tertiary alicyclic amines) is 1. The maximum atomic E-state index is 13.1. The van der Waals surface area contributed by atoms with E-state index in [0.29, 0.717) is 41.3 Å². The summed E-state index contributed by atoms with van der Waals surface area (Å²) >= 11 is 3.43. The Balaban J connectivity index is 1.88. The van der Waals surface area contributed by atoms with Crippen molar-refractivity contribution in [3.8, 4) is 11.5 Å². The Morgan fingerprint density at radius 1 is 1.17 bits per heavy atom. The maximum Gasteiger partial charge on any atom is 0.254 e. The summed E-state index contributed by atoms with van der Waals surface area (Å²) in [6.45, 7) is 1.87. The Hall–Kier alpha value is -1.31. The lowest BCUT2D eigenvalue weighted by atomic mass is 10.00. The third-order valence-electron chi connectivity index (χ3n) is 4.46. The number of methoxy groups -OCH3 is 2. The fraction of sp³-hybridized carbons (Fsp3) is 0.588. The molecule has 2 heterocycles. The number of amides is 1. The van der Waals surface area contributed by atoms with Gasteiger partial charge in [-0.05, 0) is 47.3 Å². The van der Waals surface area contributed by atoms with Crippen molar-refractivity contribution in [2.24, 2.45) is 0 Å². The first-order chi connectivity index (χ1) is 11.7. The average molecular weight is 400 g/mol. The van der Waals surface area contributed by atoms with E-state index in [1.54, 1.807) is 26.4 Å². The summed E-state index contributed by atoms with van der Waals surface area (Å²) in [4.78, 5) is 15.0. The fourth-order valence-electron chi connectivity index (χ4n) is 3.25. The third-order valence-corrected chi connectivity index (χ3v) is 5.25. The van der Waals surface area contributed by atoms with Gasteiger partial charge in [-0.3, -0.25) is 4.79 Å².